The molecular formula is C14H16N4O2S. The maximum absolute atomic E-state index is 12.2. The van der Waals surface area contributed by atoms with Gasteiger partial charge in [-0.15, -0.1) is 11.3 Å². The summed E-state index contributed by atoms with van der Waals surface area (Å²) in [6.45, 7) is 0. The van der Waals surface area contributed by atoms with E-state index in [4.69, 9.17) is 5.73 Å². The first-order valence-electron chi connectivity index (χ1n) is 6.81. The average Bonchev–Trinajstić information content (AvgIpc) is 3.01. The maximum Gasteiger partial charge on any atom is 0.276 e. The van der Waals surface area contributed by atoms with Crippen LogP contribution >= 0.6 is 11.3 Å². The average molecular weight is 304 g/mol. The van der Waals surface area contributed by atoms with Crippen LogP contribution in [0.25, 0.3) is 0 Å². The lowest BCUT2D eigenvalue weighted by atomic mass is 9.95. The van der Waals surface area contributed by atoms with Gasteiger partial charge in [0.15, 0.2) is 5.69 Å². The Morgan fingerprint density at radius 1 is 1.38 bits per heavy atom. The Hall–Kier alpha value is -2.15. The number of fused-ring (bicyclic) bond motifs is 1. The third kappa shape index (κ3) is 2.56. The summed E-state index contributed by atoms with van der Waals surface area (Å²) < 4.78 is 1.56. The van der Waals surface area contributed by atoms with E-state index in [1.807, 2.05) is 0 Å². The predicted octanol–water partition coefficient (Wildman–Crippen LogP) is 1.71. The first-order chi connectivity index (χ1) is 10.1. The lowest BCUT2D eigenvalue weighted by molar-refractivity contribution is 0.100. The second kappa shape index (κ2) is 5.33. The number of aryl methyl sites for hydroxylation is 2. The molecule has 0 fully saturated rings. The molecule has 0 aromatic carbocycles. The molecule has 0 saturated carbocycles. The van der Waals surface area contributed by atoms with Crippen molar-refractivity contribution in [3.8, 4) is 0 Å². The fourth-order valence-electron chi connectivity index (χ4n) is 2.62. The highest BCUT2D eigenvalue weighted by Crippen LogP contribution is 2.37. The van der Waals surface area contributed by atoms with Crippen molar-refractivity contribution in [2.75, 3.05) is 5.32 Å². The number of thiophene rings is 1. The van der Waals surface area contributed by atoms with E-state index in [2.05, 4.69) is 10.4 Å². The van der Waals surface area contributed by atoms with Gasteiger partial charge in [0.1, 0.15) is 5.00 Å². The van der Waals surface area contributed by atoms with Crippen LogP contribution in [0, 0.1) is 0 Å². The molecule has 1 aliphatic carbocycles. The van der Waals surface area contributed by atoms with Crippen LogP contribution in [0.5, 0.6) is 0 Å². The van der Waals surface area contributed by atoms with Crippen LogP contribution in [-0.2, 0) is 19.9 Å². The van der Waals surface area contributed by atoms with Crippen LogP contribution in [-0.4, -0.2) is 21.6 Å². The van der Waals surface area contributed by atoms with Crippen LogP contribution in [0.2, 0.25) is 0 Å². The first kappa shape index (κ1) is 13.8. The van der Waals surface area contributed by atoms with Crippen molar-refractivity contribution < 1.29 is 9.59 Å². The van der Waals surface area contributed by atoms with Crippen molar-refractivity contribution in [2.45, 2.75) is 25.7 Å². The smallest absolute Gasteiger partial charge is 0.276 e. The zero-order valence-corrected chi connectivity index (χ0v) is 12.5. The molecule has 0 atom stereocenters. The van der Waals surface area contributed by atoms with Gasteiger partial charge in [0.25, 0.3) is 11.8 Å². The van der Waals surface area contributed by atoms with Crippen molar-refractivity contribution in [1.82, 2.24) is 9.78 Å². The summed E-state index contributed by atoms with van der Waals surface area (Å²) in [5, 5.41) is 7.38. The van der Waals surface area contributed by atoms with Crippen molar-refractivity contribution in [3.63, 3.8) is 0 Å². The molecule has 2 amide bonds. The number of nitrogens with one attached hydrogen (secondary N) is 1. The molecule has 1 aliphatic rings. The van der Waals surface area contributed by atoms with Gasteiger partial charge in [-0.05, 0) is 37.3 Å². The number of hydrogen-bond acceptors (Lipinski definition) is 4. The molecule has 3 rings (SSSR count). The van der Waals surface area contributed by atoms with Gasteiger partial charge >= 0.3 is 0 Å². The van der Waals surface area contributed by atoms with E-state index in [0.29, 0.717) is 16.3 Å². The zero-order valence-electron chi connectivity index (χ0n) is 11.7. The van der Waals surface area contributed by atoms with Crippen LogP contribution in [0.15, 0.2) is 12.3 Å². The van der Waals surface area contributed by atoms with Gasteiger partial charge in [0.05, 0.1) is 5.56 Å². The number of nitrogens with zero attached hydrogens (tertiary/aromatic N) is 2. The fraction of sp³-hybridized carbons (Fsp3) is 0.357. The minimum absolute atomic E-state index is 0.319. The van der Waals surface area contributed by atoms with E-state index in [1.165, 1.54) is 11.3 Å². The molecule has 6 nitrogen and oxygen atoms in total. The highest BCUT2D eigenvalue weighted by Gasteiger charge is 2.25. The fourth-order valence-corrected chi connectivity index (χ4v) is 3.91. The molecule has 110 valence electrons. The van der Waals surface area contributed by atoms with Crippen molar-refractivity contribution in [1.29, 1.82) is 0 Å². The summed E-state index contributed by atoms with van der Waals surface area (Å²) >= 11 is 1.45. The van der Waals surface area contributed by atoms with E-state index in [9.17, 15) is 9.59 Å². The van der Waals surface area contributed by atoms with Crippen LogP contribution in [0.4, 0.5) is 5.00 Å². The number of rotatable bonds is 3. The van der Waals surface area contributed by atoms with Crippen LogP contribution in [0.3, 0.4) is 0 Å². The number of amides is 2. The zero-order chi connectivity index (χ0) is 15.0. The maximum atomic E-state index is 12.2. The monoisotopic (exact) mass is 304 g/mol. The highest BCUT2D eigenvalue weighted by molar-refractivity contribution is 7.17. The summed E-state index contributed by atoms with van der Waals surface area (Å²) in [6.07, 6.45) is 5.66. The number of primary amides is 1. The number of aromatic nitrogens is 2. The summed E-state index contributed by atoms with van der Waals surface area (Å²) in [6, 6.07) is 1.63. The molecule has 7 heteroatoms. The van der Waals surface area contributed by atoms with E-state index in [-0.39, 0.29) is 5.91 Å². The molecule has 2 heterocycles. The first-order valence-corrected chi connectivity index (χ1v) is 7.63. The molecule has 0 saturated heterocycles. The Morgan fingerprint density at radius 3 is 2.81 bits per heavy atom. The van der Waals surface area contributed by atoms with Gasteiger partial charge in [-0.3, -0.25) is 14.3 Å². The summed E-state index contributed by atoms with van der Waals surface area (Å²) in [5.41, 5.74) is 7.30. The Balaban J connectivity index is 1.93. The van der Waals surface area contributed by atoms with E-state index in [0.717, 1.165) is 36.1 Å². The summed E-state index contributed by atoms with van der Waals surface area (Å²) in [4.78, 5) is 25.1. The van der Waals surface area contributed by atoms with Crippen molar-refractivity contribution in [3.05, 3.63) is 34.0 Å². The molecule has 0 aliphatic heterocycles. The standard InChI is InChI=1S/C14H16N4O2S/c1-18-7-6-9(17-18)13(20)16-14-11(12(15)19)8-4-2-3-5-10(8)21-14/h6-7H,2-5H2,1H3,(H2,15,19)(H,16,20). The second-order valence-corrected chi connectivity index (χ2v) is 6.21. The number of anilines is 1. The van der Waals surface area contributed by atoms with Crippen molar-refractivity contribution >= 4 is 28.2 Å². The lowest BCUT2D eigenvalue weighted by Crippen LogP contribution is -2.19. The Morgan fingerprint density at radius 2 is 2.14 bits per heavy atom. The van der Waals surface area contributed by atoms with E-state index < -0.39 is 5.91 Å². The van der Waals surface area contributed by atoms with Gasteiger partial charge in [0.2, 0.25) is 0 Å². The molecule has 2 aromatic heterocycles. The molecule has 0 spiro atoms. The summed E-state index contributed by atoms with van der Waals surface area (Å²) in [7, 11) is 1.75. The minimum atomic E-state index is -0.481. The Kier molecular flexibility index (Phi) is 3.50. The third-order valence-electron chi connectivity index (χ3n) is 3.59. The normalized spacial score (nSPS) is 13.8. The quantitative estimate of drug-likeness (QED) is 0.904. The van der Waals surface area contributed by atoms with E-state index in [1.54, 1.807) is 24.0 Å². The Labute approximate surface area is 125 Å². The van der Waals surface area contributed by atoms with E-state index >= 15 is 0 Å². The predicted molar refractivity (Wildman–Crippen MR) is 80.6 cm³/mol. The Bertz CT molecular complexity index is 717. The molecule has 0 bridgehead atoms. The second-order valence-electron chi connectivity index (χ2n) is 5.11. The van der Waals surface area contributed by atoms with Crippen LogP contribution in [0.1, 0.15) is 44.1 Å². The molecule has 2 aromatic rings. The molecule has 0 radical (unpaired) electrons. The number of hydrogen-bond donors (Lipinski definition) is 2. The van der Waals surface area contributed by atoms with Crippen LogP contribution < -0.4 is 11.1 Å². The van der Waals surface area contributed by atoms with Gasteiger partial charge in [0, 0.05) is 18.1 Å². The SMILES string of the molecule is Cn1ccc(C(=O)Nc2sc3c(c2C(N)=O)CCCC3)n1. The number of carbonyl (C=O) groups is 2. The topological polar surface area (TPSA) is 90.0 Å². The largest absolute Gasteiger partial charge is 0.365 e. The van der Waals surface area contributed by atoms with Gasteiger partial charge < -0.3 is 11.1 Å². The van der Waals surface area contributed by atoms with Gasteiger partial charge in [-0.1, -0.05) is 0 Å². The third-order valence-corrected chi connectivity index (χ3v) is 4.80. The molecular weight excluding hydrogens is 288 g/mol. The highest BCUT2D eigenvalue weighted by atomic mass is 32.1. The summed E-state index contributed by atoms with van der Waals surface area (Å²) in [5.74, 6) is -0.803. The lowest BCUT2D eigenvalue weighted by Gasteiger charge is -2.11. The van der Waals surface area contributed by atoms with Gasteiger partial charge in [-0.2, -0.15) is 5.10 Å². The minimum Gasteiger partial charge on any atom is -0.365 e. The molecule has 3 N–H and O–H groups in total. The number of carbonyl (C=O) groups excluding carboxylic acids is 2. The van der Waals surface area contributed by atoms with Crippen molar-refractivity contribution in [2.24, 2.45) is 12.8 Å². The molecule has 21 heavy (non-hydrogen) atoms. The number of nitrogens with two attached hydrogens (primary N) is 1. The molecule has 0 unspecified atom stereocenters. The van der Waals surface area contributed by atoms with Gasteiger partial charge in [-0.25, -0.2) is 0 Å².